The highest BCUT2D eigenvalue weighted by molar-refractivity contribution is 5.80. The number of hydrogen-bond acceptors (Lipinski definition) is 4. The fourth-order valence-corrected chi connectivity index (χ4v) is 3.36. The van der Waals surface area contributed by atoms with E-state index in [4.69, 9.17) is 0 Å². The van der Waals surface area contributed by atoms with Gasteiger partial charge in [0.05, 0.1) is 5.60 Å². The molecule has 2 heterocycles. The minimum Gasteiger partial charge on any atom is -0.388 e. The number of nitrogens with one attached hydrogen (secondary N) is 2. The molecule has 3 rings (SSSR count). The van der Waals surface area contributed by atoms with Crippen LogP contribution in [0.3, 0.4) is 0 Å². The van der Waals surface area contributed by atoms with E-state index in [0.717, 1.165) is 62.7 Å². The molecule has 6 nitrogen and oxygen atoms in total. The summed E-state index contributed by atoms with van der Waals surface area (Å²) in [6.45, 7) is 4.60. The van der Waals surface area contributed by atoms with Gasteiger partial charge in [-0.25, -0.2) is 4.98 Å². The van der Waals surface area contributed by atoms with E-state index in [2.05, 4.69) is 37.6 Å². The molecule has 0 unspecified atom stereocenters. The van der Waals surface area contributed by atoms with E-state index < -0.39 is 5.60 Å². The maximum Gasteiger partial charge on any atom is 0.191 e. The van der Waals surface area contributed by atoms with Crippen LogP contribution in [-0.2, 0) is 0 Å². The zero-order valence-electron chi connectivity index (χ0n) is 14.8. The van der Waals surface area contributed by atoms with Crippen molar-refractivity contribution in [2.24, 2.45) is 4.99 Å². The molecule has 0 spiro atoms. The largest absolute Gasteiger partial charge is 0.388 e. The molecule has 132 valence electrons. The van der Waals surface area contributed by atoms with Crippen molar-refractivity contribution in [3.8, 4) is 0 Å². The Morgan fingerprint density at radius 1 is 1.38 bits per heavy atom. The molecule has 1 aliphatic heterocycles. The van der Waals surface area contributed by atoms with Crippen LogP contribution in [0.1, 0.15) is 37.8 Å². The Labute approximate surface area is 144 Å². The molecule has 24 heavy (non-hydrogen) atoms. The molecule has 2 aliphatic rings. The van der Waals surface area contributed by atoms with Gasteiger partial charge in [-0.15, -0.1) is 0 Å². The standard InChI is InChI=1S/C18H29N5O/c1-14-5-3-6-16(21-14)23-11-7-15(8-12-23)22-17(19-2)20-13-18(24)9-4-10-18/h3,5-6,15,24H,4,7-13H2,1-2H3,(H2,19,20,22). The predicted molar refractivity (Wildman–Crippen MR) is 97.5 cm³/mol. The zero-order chi connectivity index (χ0) is 17.0. The number of anilines is 1. The fraction of sp³-hybridized carbons (Fsp3) is 0.667. The molecule has 1 saturated carbocycles. The van der Waals surface area contributed by atoms with Gasteiger partial charge in [-0.3, -0.25) is 4.99 Å². The van der Waals surface area contributed by atoms with Gasteiger partial charge in [0.2, 0.25) is 0 Å². The highest BCUT2D eigenvalue weighted by Gasteiger charge is 2.34. The summed E-state index contributed by atoms with van der Waals surface area (Å²) < 4.78 is 0. The summed E-state index contributed by atoms with van der Waals surface area (Å²) in [4.78, 5) is 11.2. The van der Waals surface area contributed by atoms with Crippen molar-refractivity contribution in [1.82, 2.24) is 15.6 Å². The average molecular weight is 331 g/mol. The van der Waals surface area contributed by atoms with Gasteiger partial charge < -0.3 is 20.6 Å². The van der Waals surface area contributed by atoms with Crippen molar-refractivity contribution >= 4 is 11.8 Å². The van der Waals surface area contributed by atoms with E-state index in [9.17, 15) is 5.11 Å². The molecule has 1 saturated heterocycles. The van der Waals surface area contributed by atoms with Crippen molar-refractivity contribution in [3.05, 3.63) is 23.9 Å². The molecule has 0 atom stereocenters. The Kier molecular flexibility index (Phi) is 5.23. The van der Waals surface area contributed by atoms with Crippen LogP contribution in [0.5, 0.6) is 0 Å². The Hall–Kier alpha value is -1.82. The number of aromatic nitrogens is 1. The van der Waals surface area contributed by atoms with Gasteiger partial charge in [-0.05, 0) is 51.2 Å². The number of hydrogen-bond donors (Lipinski definition) is 3. The second-order valence-electron chi connectivity index (χ2n) is 7.05. The van der Waals surface area contributed by atoms with E-state index in [1.807, 2.05) is 13.0 Å². The third-order valence-electron chi connectivity index (χ3n) is 5.13. The maximum atomic E-state index is 10.2. The lowest BCUT2D eigenvalue weighted by Crippen LogP contribution is -2.53. The topological polar surface area (TPSA) is 72.8 Å². The third kappa shape index (κ3) is 4.17. The number of pyridine rings is 1. The Bertz CT molecular complexity index is 577. The molecule has 0 radical (unpaired) electrons. The van der Waals surface area contributed by atoms with Crippen LogP contribution in [0.4, 0.5) is 5.82 Å². The van der Waals surface area contributed by atoms with Gasteiger partial charge >= 0.3 is 0 Å². The number of guanidine groups is 1. The SMILES string of the molecule is CN=C(NCC1(O)CCC1)NC1CCN(c2cccc(C)n2)CC1. The molecule has 0 amide bonds. The second kappa shape index (κ2) is 7.38. The zero-order valence-corrected chi connectivity index (χ0v) is 14.8. The summed E-state index contributed by atoms with van der Waals surface area (Å²) in [5, 5.41) is 16.9. The summed E-state index contributed by atoms with van der Waals surface area (Å²) in [6.07, 6.45) is 5.01. The minimum atomic E-state index is -0.530. The molecule has 1 aliphatic carbocycles. The van der Waals surface area contributed by atoms with Crippen LogP contribution in [0.25, 0.3) is 0 Å². The first-order chi connectivity index (χ1) is 11.6. The van der Waals surface area contributed by atoms with Crippen molar-refractivity contribution in [2.45, 2.75) is 50.7 Å². The third-order valence-corrected chi connectivity index (χ3v) is 5.13. The van der Waals surface area contributed by atoms with Crippen molar-refractivity contribution in [3.63, 3.8) is 0 Å². The molecular formula is C18H29N5O. The molecular weight excluding hydrogens is 302 g/mol. The first-order valence-corrected chi connectivity index (χ1v) is 8.96. The maximum absolute atomic E-state index is 10.2. The number of piperidine rings is 1. The highest BCUT2D eigenvalue weighted by atomic mass is 16.3. The van der Waals surface area contributed by atoms with Gasteiger partial charge in [0, 0.05) is 38.4 Å². The lowest BCUT2D eigenvalue weighted by molar-refractivity contribution is -0.0279. The Balaban J connectivity index is 1.45. The summed E-state index contributed by atoms with van der Waals surface area (Å²) >= 11 is 0. The molecule has 3 N–H and O–H groups in total. The van der Waals surface area contributed by atoms with Crippen LogP contribution < -0.4 is 15.5 Å². The Morgan fingerprint density at radius 3 is 2.71 bits per heavy atom. The van der Waals surface area contributed by atoms with Crippen molar-refractivity contribution < 1.29 is 5.11 Å². The smallest absolute Gasteiger partial charge is 0.191 e. The lowest BCUT2D eigenvalue weighted by atomic mass is 9.80. The average Bonchev–Trinajstić information content (AvgIpc) is 2.57. The summed E-state index contributed by atoms with van der Waals surface area (Å²) in [5.74, 6) is 1.87. The number of aliphatic imine (C=N–C) groups is 1. The van der Waals surface area contributed by atoms with Crippen LogP contribution in [0.2, 0.25) is 0 Å². The van der Waals surface area contributed by atoms with Crippen molar-refractivity contribution in [2.75, 3.05) is 31.6 Å². The first-order valence-electron chi connectivity index (χ1n) is 8.96. The lowest BCUT2D eigenvalue weighted by Gasteiger charge is -2.38. The molecule has 1 aromatic rings. The van der Waals surface area contributed by atoms with Crippen molar-refractivity contribution in [1.29, 1.82) is 0 Å². The molecule has 2 fully saturated rings. The van der Waals surface area contributed by atoms with Crippen LogP contribution in [0, 0.1) is 6.92 Å². The molecule has 6 heteroatoms. The summed E-state index contributed by atoms with van der Waals surface area (Å²) in [5.41, 5.74) is 0.531. The van der Waals surface area contributed by atoms with Crippen LogP contribution in [-0.4, -0.2) is 54.4 Å². The molecule has 0 bridgehead atoms. The minimum absolute atomic E-state index is 0.410. The first kappa shape index (κ1) is 17.0. The van der Waals surface area contributed by atoms with Gasteiger partial charge in [0.15, 0.2) is 5.96 Å². The van der Waals surface area contributed by atoms with Gasteiger partial charge in [-0.2, -0.15) is 0 Å². The normalized spacial score (nSPS) is 21.3. The fourth-order valence-electron chi connectivity index (χ4n) is 3.36. The molecule has 0 aromatic carbocycles. The van der Waals surface area contributed by atoms with Crippen LogP contribution >= 0.6 is 0 Å². The monoisotopic (exact) mass is 331 g/mol. The summed E-state index contributed by atoms with van der Waals surface area (Å²) in [6, 6.07) is 6.59. The molecule has 1 aromatic heterocycles. The number of rotatable bonds is 4. The number of aryl methyl sites for hydroxylation is 1. The van der Waals surface area contributed by atoms with E-state index in [1.165, 1.54) is 0 Å². The van der Waals surface area contributed by atoms with Crippen LogP contribution in [0.15, 0.2) is 23.2 Å². The number of aliphatic hydroxyl groups is 1. The Morgan fingerprint density at radius 2 is 2.12 bits per heavy atom. The van der Waals surface area contributed by atoms with Gasteiger partial charge in [0.25, 0.3) is 0 Å². The van der Waals surface area contributed by atoms with Gasteiger partial charge in [0.1, 0.15) is 5.82 Å². The van der Waals surface area contributed by atoms with E-state index in [0.29, 0.717) is 12.6 Å². The highest BCUT2D eigenvalue weighted by Crippen LogP contribution is 2.30. The van der Waals surface area contributed by atoms with E-state index >= 15 is 0 Å². The number of nitrogens with zero attached hydrogens (tertiary/aromatic N) is 3. The van der Waals surface area contributed by atoms with E-state index in [-0.39, 0.29) is 0 Å². The summed E-state index contributed by atoms with van der Waals surface area (Å²) in [7, 11) is 1.78. The predicted octanol–water partition coefficient (Wildman–Crippen LogP) is 1.44. The quantitative estimate of drug-likeness (QED) is 0.575. The second-order valence-corrected chi connectivity index (χ2v) is 7.05. The van der Waals surface area contributed by atoms with E-state index in [1.54, 1.807) is 7.05 Å². The van der Waals surface area contributed by atoms with Gasteiger partial charge in [-0.1, -0.05) is 6.07 Å².